The fourth-order valence-corrected chi connectivity index (χ4v) is 0. The Bertz CT molecular complexity index is 6.00. The second-order valence-electron chi connectivity index (χ2n) is 0. The summed E-state index contributed by atoms with van der Waals surface area (Å²) in [5, 5.41) is 0. The molecule has 0 aromatic carbocycles. The van der Waals surface area contributed by atoms with Crippen molar-refractivity contribution in [2.75, 3.05) is 0 Å². The molecule has 0 bridgehead atoms. The van der Waals surface area contributed by atoms with Crippen LogP contribution in [0.25, 0.3) is 0 Å². The zero-order valence-corrected chi connectivity index (χ0v) is 5.52. The first-order valence-electron chi connectivity index (χ1n) is 0. The molecule has 0 amide bonds. The van der Waals surface area contributed by atoms with Crippen LogP contribution in [0, 0.1) is 0 Å². The zero-order chi connectivity index (χ0) is 0. The molecule has 0 unspecified atom stereocenters. The standard InChI is InChI=1S/3ClH.3H3N/h3*1H;3*1H3/p-3. The van der Waals surface area contributed by atoms with E-state index in [9.17, 15) is 0 Å². The average molecular weight is 157 g/mol. The van der Waals surface area contributed by atoms with E-state index in [-0.39, 0.29) is 55.7 Å². The zero-order valence-electron chi connectivity index (χ0n) is 3.26. The Balaban J connectivity index is 0. The van der Waals surface area contributed by atoms with Crippen molar-refractivity contribution < 1.29 is 37.2 Å². The lowest BCUT2D eigenvalue weighted by Gasteiger charge is -1.00. The van der Waals surface area contributed by atoms with E-state index in [1.807, 2.05) is 0 Å². The summed E-state index contributed by atoms with van der Waals surface area (Å²) < 4.78 is 0. The third-order valence-corrected chi connectivity index (χ3v) is 0. The lowest BCUT2D eigenvalue weighted by Crippen LogP contribution is -3.00. The first-order valence-corrected chi connectivity index (χ1v) is 0. The summed E-state index contributed by atoms with van der Waals surface area (Å²) in [5.41, 5.74) is 0. The summed E-state index contributed by atoms with van der Waals surface area (Å²) in [4.78, 5) is 0. The molecular weight excluding hydrogens is 148 g/mol. The highest BCUT2D eigenvalue weighted by Gasteiger charge is -0.342. The van der Waals surface area contributed by atoms with E-state index < -0.39 is 0 Å². The van der Waals surface area contributed by atoms with Gasteiger partial charge in [-0.1, -0.05) is 0 Å². The third kappa shape index (κ3) is 119. The molecule has 0 rings (SSSR count). The van der Waals surface area contributed by atoms with Crippen LogP contribution in [0.15, 0.2) is 0 Å². The highest BCUT2D eigenvalue weighted by molar-refractivity contribution is 2.14. The predicted octanol–water partition coefficient (Wildman–Crippen LogP) is -8.50. The molecule has 3 nitrogen and oxygen atoms in total. The highest BCUT2D eigenvalue weighted by Crippen LogP contribution is -0.479. The lowest BCUT2D eigenvalue weighted by atomic mass is 14.0. The van der Waals surface area contributed by atoms with Gasteiger partial charge in [0.15, 0.2) is 0 Å². The van der Waals surface area contributed by atoms with Crippen LogP contribution >= 0.6 is 0 Å². The maximum atomic E-state index is 0. The van der Waals surface area contributed by atoms with Gasteiger partial charge in [0.05, 0.1) is 0 Å². The lowest BCUT2D eigenvalue weighted by molar-refractivity contribution is -0.00100. The predicted molar refractivity (Wildman–Crippen MR) is 15.1 cm³/mol. The Labute approximate surface area is 56.2 Å². The van der Waals surface area contributed by atoms with Gasteiger partial charge in [0, 0.05) is 0 Å². The van der Waals surface area contributed by atoms with Crippen LogP contribution in [0.3, 0.4) is 0 Å². The molecule has 0 fully saturated rings. The summed E-state index contributed by atoms with van der Waals surface area (Å²) in [6, 6.07) is 0. The Morgan fingerprint density at radius 1 is 0.333 bits per heavy atom. The third-order valence-electron chi connectivity index (χ3n) is 0. The van der Waals surface area contributed by atoms with Crippen molar-refractivity contribution in [2.24, 2.45) is 0 Å². The van der Waals surface area contributed by atoms with E-state index in [2.05, 4.69) is 0 Å². The fourth-order valence-electron chi connectivity index (χ4n) is 0. The Morgan fingerprint density at radius 3 is 0.333 bits per heavy atom. The largest absolute Gasteiger partial charge is 1.00 e. The summed E-state index contributed by atoms with van der Waals surface area (Å²) >= 11 is 0. The Hall–Kier alpha value is 0.750. The molecule has 0 aliphatic rings. The van der Waals surface area contributed by atoms with Gasteiger partial charge in [0.1, 0.15) is 0 Å². The smallest absolute Gasteiger partial charge is 0.344 e. The van der Waals surface area contributed by atoms with Gasteiger partial charge in [-0.25, -0.2) is 0 Å². The number of rotatable bonds is 0. The van der Waals surface area contributed by atoms with Crippen molar-refractivity contribution in [3.8, 4) is 0 Å². The van der Waals surface area contributed by atoms with Crippen LogP contribution in [-0.4, -0.2) is 0 Å². The van der Waals surface area contributed by atoms with E-state index in [0.29, 0.717) is 0 Å². The molecule has 0 heterocycles. The van der Waals surface area contributed by atoms with Crippen molar-refractivity contribution in [1.29, 1.82) is 0 Å². The maximum Gasteiger partial charge on any atom is -0.344 e. The maximum absolute atomic E-state index is 0. The van der Waals surface area contributed by atoms with Crippen molar-refractivity contribution in [3.63, 3.8) is 0 Å². The molecule has 0 saturated carbocycles. The molecule has 6 heteroatoms. The average Bonchev–Trinajstić information content (AvgIpc) is 0. The van der Waals surface area contributed by atoms with Gasteiger partial charge < -0.3 is 55.7 Å². The van der Waals surface area contributed by atoms with Crippen LogP contribution in [0.1, 0.15) is 0 Å². The normalized spacial score (nSPS) is 0. The first-order chi connectivity index (χ1) is 0. The van der Waals surface area contributed by atoms with Crippen LogP contribution in [0.5, 0.6) is 0 Å². The molecule has 0 atom stereocenters. The van der Waals surface area contributed by atoms with E-state index >= 15 is 0 Å². The molecule has 0 radical (unpaired) electrons. The van der Waals surface area contributed by atoms with Crippen LogP contribution in [-0.2, 0) is 0 Å². The van der Waals surface area contributed by atoms with Gasteiger partial charge >= 0.3 is 0 Å². The topological polar surface area (TPSA) is 105 Å². The van der Waals surface area contributed by atoms with Crippen LogP contribution in [0.4, 0.5) is 0 Å². The minimum Gasteiger partial charge on any atom is -1.00 e. The SMILES string of the molecule is N.N.N.[Cl-].[Cl-].[Cl-]. The fraction of sp³-hybridized carbons (Fsp3) is 0. The molecule has 0 aromatic rings. The second-order valence-corrected chi connectivity index (χ2v) is 0. The number of hydrogen-bond acceptors (Lipinski definition) is 3. The van der Waals surface area contributed by atoms with Gasteiger partial charge in [0.2, 0.25) is 0 Å². The van der Waals surface area contributed by atoms with Gasteiger partial charge in [-0.3, -0.25) is 0 Å². The molecule has 0 spiro atoms. The summed E-state index contributed by atoms with van der Waals surface area (Å²) in [6.45, 7) is 0. The number of halogens is 3. The summed E-state index contributed by atoms with van der Waals surface area (Å²) in [7, 11) is 0. The molecule has 0 aliphatic carbocycles. The van der Waals surface area contributed by atoms with Crippen LogP contribution < -0.4 is 55.7 Å². The van der Waals surface area contributed by atoms with Crippen molar-refractivity contribution in [2.45, 2.75) is 0 Å². The van der Waals surface area contributed by atoms with Crippen LogP contribution in [0.2, 0.25) is 0 Å². The minimum atomic E-state index is 0. The summed E-state index contributed by atoms with van der Waals surface area (Å²) in [6.07, 6.45) is 0. The van der Waals surface area contributed by atoms with Gasteiger partial charge in [-0.15, -0.1) is 0 Å². The molecule has 0 aromatic heterocycles. The monoisotopic (exact) mass is 156 g/mol. The van der Waals surface area contributed by atoms with Gasteiger partial charge in [-0.2, -0.15) is 0 Å². The van der Waals surface area contributed by atoms with Gasteiger partial charge in [0.25, 0.3) is 0 Å². The molecule has 0 aliphatic heterocycles. The Morgan fingerprint density at radius 2 is 0.333 bits per heavy atom. The van der Waals surface area contributed by atoms with Crippen molar-refractivity contribution >= 4 is 0 Å². The second kappa shape index (κ2) is 231. The quantitative estimate of drug-likeness (QED) is 0.325. The molecular formula is H9Cl3N3-3. The summed E-state index contributed by atoms with van der Waals surface area (Å²) in [5.74, 6) is 0. The molecule has 6 heavy (non-hydrogen) atoms. The number of hydrogen-bond donors (Lipinski definition) is 3. The van der Waals surface area contributed by atoms with Crippen molar-refractivity contribution in [3.05, 3.63) is 0 Å². The van der Waals surface area contributed by atoms with E-state index in [1.165, 1.54) is 0 Å². The molecule has 48 valence electrons. The molecule has 9 N–H and O–H groups in total. The first kappa shape index (κ1) is 397. The van der Waals surface area contributed by atoms with Gasteiger partial charge in [-0.05, 0) is 0 Å². The minimum absolute atomic E-state index is 0. The highest BCUT2D eigenvalue weighted by atomic mass is 35.5. The van der Waals surface area contributed by atoms with Crippen molar-refractivity contribution in [1.82, 2.24) is 18.5 Å². The molecule has 0 saturated heterocycles. The van der Waals surface area contributed by atoms with E-state index in [4.69, 9.17) is 0 Å². The van der Waals surface area contributed by atoms with E-state index in [0.717, 1.165) is 0 Å². The Kier molecular flexibility index (Phi) is 15300. The van der Waals surface area contributed by atoms with E-state index in [1.54, 1.807) is 0 Å².